The molecule has 0 spiro atoms. The lowest BCUT2D eigenvalue weighted by molar-refractivity contribution is 0.0922. The minimum atomic E-state index is -0.0621. The molecule has 2 rings (SSSR count). The Labute approximate surface area is 116 Å². The molecule has 4 heteroatoms. The SMILES string of the molecule is CC1CCCC(NC(=O)c2cc(Br)ccc2N)C1. The van der Waals surface area contributed by atoms with E-state index >= 15 is 0 Å². The molecule has 0 heterocycles. The zero-order valence-corrected chi connectivity index (χ0v) is 12.2. The predicted molar refractivity (Wildman–Crippen MR) is 77.4 cm³/mol. The van der Waals surface area contributed by atoms with Crippen molar-refractivity contribution >= 4 is 27.5 Å². The molecule has 2 atom stereocenters. The highest BCUT2D eigenvalue weighted by Gasteiger charge is 2.21. The van der Waals surface area contributed by atoms with Gasteiger partial charge >= 0.3 is 0 Å². The van der Waals surface area contributed by atoms with Gasteiger partial charge in [-0.25, -0.2) is 0 Å². The van der Waals surface area contributed by atoms with E-state index in [4.69, 9.17) is 5.73 Å². The van der Waals surface area contributed by atoms with Crippen LogP contribution >= 0.6 is 15.9 Å². The fourth-order valence-electron chi connectivity index (χ4n) is 2.55. The smallest absolute Gasteiger partial charge is 0.253 e. The number of anilines is 1. The molecule has 0 aromatic heterocycles. The van der Waals surface area contributed by atoms with E-state index in [-0.39, 0.29) is 5.91 Å². The van der Waals surface area contributed by atoms with Crippen LogP contribution in [-0.2, 0) is 0 Å². The first-order valence-electron chi connectivity index (χ1n) is 6.42. The number of hydrogen-bond acceptors (Lipinski definition) is 2. The standard InChI is InChI=1S/C14H19BrN2O/c1-9-3-2-4-11(7-9)17-14(18)12-8-10(15)5-6-13(12)16/h5-6,8-9,11H,2-4,7,16H2,1H3,(H,17,18). The first kappa shape index (κ1) is 13.4. The van der Waals surface area contributed by atoms with Crippen LogP contribution in [-0.4, -0.2) is 11.9 Å². The predicted octanol–water partition coefficient (Wildman–Crippen LogP) is 3.34. The summed E-state index contributed by atoms with van der Waals surface area (Å²) >= 11 is 3.36. The lowest BCUT2D eigenvalue weighted by Crippen LogP contribution is -2.38. The average molecular weight is 311 g/mol. The van der Waals surface area contributed by atoms with Crippen molar-refractivity contribution in [3.63, 3.8) is 0 Å². The van der Waals surface area contributed by atoms with Crippen LogP contribution in [0.3, 0.4) is 0 Å². The van der Waals surface area contributed by atoms with Gasteiger partial charge in [0, 0.05) is 16.2 Å². The normalized spacial score (nSPS) is 23.7. The summed E-state index contributed by atoms with van der Waals surface area (Å²) in [6.45, 7) is 2.24. The van der Waals surface area contributed by atoms with E-state index < -0.39 is 0 Å². The molecular weight excluding hydrogens is 292 g/mol. The maximum absolute atomic E-state index is 12.2. The molecule has 0 aliphatic heterocycles. The van der Waals surface area contributed by atoms with Gasteiger partial charge in [-0.15, -0.1) is 0 Å². The fraction of sp³-hybridized carbons (Fsp3) is 0.500. The van der Waals surface area contributed by atoms with Crippen LogP contribution in [0, 0.1) is 5.92 Å². The quantitative estimate of drug-likeness (QED) is 0.823. The van der Waals surface area contributed by atoms with Crippen molar-refractivity contribution in [3.05, 3.63) is 28.2 Å². The third-order valence-electron chi connectivity index (χ3n) is 3.53. The first-order chi connectivity index (χ1) is 8.56. The van der Waals surface area contributed by atoms with Crippen molar-refractivity contribution < 1.29 is 4.79 Å². The maximum Gasteiger partial charge on any atom is 0.253 e. The molecule has 1 aliphatic rings. The minimum Gasteiger partial charge on any atom is -0.398 e. The van der Waals surface area contributed by atoms with E-state index in [9.17, 15) is 4.79 Å². The van der Waals surface area contributed by atoms with Crippen molar-refractivity contribution in [2.75, 3.05) is 5.73 Å². The number of nitrogens with two attached hydrogens (primary N) is 1. The monoisotopic (exact) mass is 310 g/mol. The summed E-state index contributed by atoms with van der Waals surface area (Å²) < 4.78 is 0.874. The van der Waals surface area contributed by atoms with Crippen molar-refractivity contribution in [2.45, 2.75) is 38.6 Å². The number of rotatable bonds is 2. The van der Waals surface area contributed by atoms with Gasteiger partial charge in [-0.2, -0.15) is 0 Å². The largest absolute Gasteiger partial charge is 0.398 e. The van der Waals surface area contributed by atoms with Crippen LogP contribution in [0.25, 0.3) is 0 Å². The fourth-order valence-corrected chi connectivity index (χ4v) is 2.91. The molecule has 0 bridgehead atoms. The van der Waals surface area contributed by atoms with Crippen molar-refractivity contribution in [2.24, 2.45) is 5.92 Å². The summed E-state index contributed by atoms with van der Waals surface area (Å²) in [5, 5.41) is 3.09. The Morgan fingerprint density at radius 1 is 1.44 bits per heavy atom. The van der Waals surface area contributed by atoms with Gasteiger partial charge in [-0.1, -0.05) is 35.7 Å². The Hall–Kier alpha value is -1.03. The van der Waals surface area contributed by atoms with Gasteiger partial charge in [0.2, 0.25) is 0 Å². The number of benzene rings is 1. The molecule has 3 N–H and O–H groups in total. The highest BCUT2D eigenvalue weighted by molar-refractivity contribution is 9.10. The second-order valence-electron chi connectivity index (χ2n) is 5.17. The number of hydrogen-bond donors (Lipinski definition) is 2. The summed E-state index contributed by atoms with van der Waals surface area (Å²) in [6, 6.07) is 5.66. The molecule has 18 heavy (non-hydrogen) atoms. The van der Waals surface area contributed by atoms with Crippen LogP contribution < -0.4 is 11.1 Å². The molecule has 1 amide bonds. The van der Waals surface area contributed by atoms with Crippen LogP contribution in [0.1, 0.15) is 43.0 Å². The number of carbonyl (C=O) groups is 1. The van der Waals surface area contributed by atoms with Crippen LogP contribution in [0.4, 0.5) is 5.69 Å². The highest BCUT2D eigenvalue weighted by atomic mass is 79.9. The second kappa shape index (κ2) is 5.74. The zero-order chi connectivity index (χ0) is 13.1. The van der Waals surface area contributed by atoms with Gasteiger partial charge in [0.05, 0.1) is 5.56 Å². The molecule has 1 saturated carbocycles. The summed E-state index contributed by atoms with van der Waals surface area (Å²) in [7, 11) is 0. The lowest BCUT2D eigenvalue weighted by Gasteiger charge is -2.27. The lowest BCUT2D eigenvalue weighted by atomic mass is 9.87. The average Bonchev–Trinajstić information content (AvgIpc) is 2.32. The van der Waals surface area contributed by atoms with Gasteiger partial charge in [-0.05, 0) is 37.0 Å². The van der Waals surface area contributed by atoms with Crippen molar-refractivity contribution in [3.8, 4) is 0 Å². The van der Waals surface area contributed by atoms with E-state index in [1.807, 2.05) is 6.07 Å². The molecule has 0 saturated heterocycles. The molecular formula is C14H19BrN2O. The van der Waals surface area contributed by atoms with E-state index in [0.29, 0.717) is 23.2 Å². The second-order valence-corrected chi connectivity index (χ2v) is 6.09. The Morgan fingerprint density at radius 2 is 2.22 bits per heavy atom. The van der Waals surface area contributed by atoms with Gasteiger partial charge in [0.25, 0.3) is 5.91 Å². The molecule has 3 nitrogen and oxygen atoms in total. The Morgan fingerprint density at radius 3 is 2.94 bits per heavy atom. The van der Waals surface area contributed by atoms with Crippen molar-refractivity contribution in [1.82, 2.24) is 5.32 Å². The van der Waals surface area contributed by atoms with Crippen LogP contribution in [0.2, 0.25) is 0 Å². The Balaban J connectivity index is 2.05. The van der Waals surface area contributed by atoms with Gasteiger partial charge in [0.1, 0.15) is 0 Å². The number of nitrogen functional groups attached to an aromatic ring is 1. The summed E-state index contributed by atoms with van der Waals surface area (Å²) in [6.07, 6.45) is 4.61. The van der Waals surface area contributed by atoms with Crippen molar-refractivity contribution in [1.29, 1.82) is 0 Å². The van der Waals surface area contributed by atoms with Crippen LogP contribution in [0.15, 0.2) is 22.7 Å². The summed E-state index contributed by atoms with van der Waals surface area (Å²) in [5.74, 6) is 0.636. The Kier molecular flexibility index (Phi) is 4.27. The van der Waals surface area contributed by atoms with E-state index in [0.717, 1.165) is 17.3 Å². The van der Waals surface area contributed by atoms with E-state index in [1.54, 1.807) is 12.1 Å². The highest BCUT2D eigenvalue weighted by Crippen LogP contribution is 2.24. The molecule has 1 aliphatic carbocycles. The zero-order valence-electron chi connectivity index (χ0n) is 10.6. The molecule has 1 aromatic rings. The van der Waals surface area contributed by atoms with Gasteiger partial charge in [0.15, 0.2) is 0 Å². The number of halogens is 1. The van der Waals surface area contributed by atoms with Gasteiger partial charge in [-0.3, -0.25) is 4.79 Å². The Bertz CT molecular complexity index is 447. The van der Waals surface area contributed by atoms with Gasteiger partial charge < -0.3 is 11.1 Å². The first-order valence-corrected chi connectivity index (χ1v) is 7.21. The molecule has 1 fully saturated rings. The molecule has 0 radical (unpaired) electrons. The minimum absolute atomic E-state index is 0.0621. The van der Waals surface area contributed by atoms with E-state index in [1.165, 1.54) is 12.8 Å². The maximum atomic E-state index is 12.2. The third kappa shape index (κ3) is 3.25. The molecule has 98 valence electrons. The number of nitrogens with one attached hydrogen (secondary N) is 1. The van der Waals surface area contributed by atoms with Crippen LogP contribution in [0.5, 0.6) is 0 Å². The number of carbonyl (C=O) groups excluding carboxylic acids is 1. The summed E-state index contributed by atoms with van der Waals surface area (Å²) in [5.41, 5.74) is 6.93. The molecule has 1 aromatic carbocycles. The third-order valence-corrected chi connectivity index (χ3v) is 4.02. The van der Waals surface area contributed by atoms with E-state index in [2.05, 4.69) is 28.2 Å². The molecule has 2 unspecified atom stereocenters. The number of amides is 1. The summed E-state index contributed by atoms with van der Waals surface area (Å²) in [4.78, 5) is 12.2. The topological polar surface area (TPSA) is 55.1 Å².